The van der Waals surface area contributed by atoms with Gasteiger partial charge in [-0.25, -0.2) is 0 Å². The normalized spacial score (nSPS) is 12.5. The maximum Gasteiger partial charge on any atom is 0.210 e. The van der Waals surface area contributed by atoms with Crippen molar-refractivity contribution in [1.82, 2.24) is 5.48 Å². The maximum absolute atomic E-state index is 5.45. The summed E-state index contributed by atoms with van der Waals surface area (Å²) in [4.78, 5) is 0. The molecule has 0 heterocycles. The smallest absolute Gasteiger partial charge is 0.210 e. The standard InChI is InChI=1S/C8H19NOSi/c1-6-11(5)10-9-8(4)7(2)3/h9,11H,6H2,1-5H3. The summed E-state index contributed by atoms with van der Waals surface area (Å²) >= 11 is 0. The number of rotatable bonds is 4. The summed E-state index contributed by atoms with van der Waals surface area (Å²) in [6.45, 7) is 10.5. The number of hydrogen-bond donors (Lipinski definition) is 1. The third kappa shape index (κ3) is 5.04. The Hall–Kier alpha value is -0.283. The molecule has 0 aliphatic rings. The van der Waals surface area contributed by atoms with Gasteiger partial charge in [0.15, 0.2) is 0 Å². The molecule has 0 radical (unpaired) electrons. The number of hydroxylamine groups is 1. The first-order valence-electron chi connectivity index (χ1n) is 4.13. The van der Waals surface area contributed by atoms with Crippen LogP contribution in [0.25, 0.3) is 0 Å². The molecular formula is C8H19NOSi. The van der Waals surface area contributed by atoms with E-state index in [1.165, 1.54) is 11.6 Å². The summed E-state index contributed by atoms with van der Waals surface area (Å²) in [5.74, 6) is 0. The second kappa shape index (κ2) is 5.38. The molecule has 0 saturated carbocycles. The lowest BCUT2D eigenvalue weighted by Gasteiger charge is -2.12. The zero-order chi connectivity index (χ0) is 8.85. The van der Waals surface area contributed by atoms with E-state index in [-0.39, 0.29) is 0 Å². The first kappa shape index (κ1) is 10.7. The van der Waals surface area contributed by atoms with E-state index in [4.69, 9.17) is 4.53 Å². The van der Waals surface area contributed by atoms with Crippen LogP contribution in [0.15, 0.2) is 11.3 Å². The fourth-order valence-electron chi connectivity index (χ4n) is 0.374. The lowest BCUT2D eigenvalue weighted by Crippen LogP contribution is -2.23. The molecule has 0 aromatic heterocycles. The minimum atomic E-state index is -0.924. The van der Waals surface area contributed by atoms with Crippen molar-refractivity contribution in [2.24, 2.45) is 0 Å². The van der Waals surface area contributed by atoms with E-state index in [0.717, 1.165) is 5.70 Å². The Bertz CT molecular complexity index is 141. The molecule has 11 heavy (non-hydrogen) atoms. The van der Waals surface area contributed by atoms with E-state index >= 15 is 0 Å². The highest BCUT2D eigenvalue weighted by Gasteiger charge is 2.00. The molecule has 1 atom stereocenters. The lowest BCUT2D eigenvalue weighted by atomic mass is 10.3. The van der Waals surface area contributed by atoms with Crippen molar-refractivity contribution in [3.63, 3.8) is 0 Å². The van der Waals surface area contributed by atoms with Crippen LogP contribution in [0.3, 0.4) is 0 Å². The van der Waals surface area contributed by atoms with E-state index in [9.17, 15) is 0 Å². The van der Waals surface area contributed by atoms with Gasteiger partial charge in [-0.15, -0.1) is 0 Å². The largest absolute Gasteiger partial charge is 0.327 e. The highest BCUT2D eigenvalue weighted by molar-refractivity contribution is 6.49. The van der Waals surface area contributed by atoms with Crippen molar-refractivity contribution in [1.29, 1.82) is 0 Å². The second-order valence-electron chi connectivity index (χ2n) is 3.06. The molecule has 66 valence electrons. The minimum absolute atomic E-state index is 0.924. The molecule has 0 aromatic rings. The van der Waals surface area contributed by atoms with Gasteiger partial charge in [-0.1, -0.05) is 12.5 Å². The van der Waals surface area contributed by atoms with E-state index in [1.807, 2.05) is 6.92 Å². The van der Waals surface area contributed by atoms with E-state index in [0.29, 0.717) is 0 Å². The highest BCUT2D eigenvalue weighted by Crippen LogP contribution is 1.98. The Morgan fingerprint density at radius 3 is 2.27 bits per heavy atom. The molecule has 0 saturated heterocycles. The van der Waals surface area contributed by atoms with Crippen molar-refractivity contribution < 1.29 is 4.53 Å². The average molecular weight is 173 g/mol. The molecule has 1 unspecified atom stereocenters. The van der Waals surface area contributed by atoms with Gasteiger partial charge in [-0.2, -0.15) is 0 Å². The molecule has 0 fully saturated rings. The molecule has 0 bridgehead atoms. The quantitative estimate of drug-likeness (QED) is 0.520. The summed E-state index contributed by atoms with van der Waals surface area (Å²) in [6.07, 6.45) is 0. The number of hydrogen-bond acceptors (Lipinski definition) is 2. The van der Waals surface area contributed by atoms with Gasteiger partial charge < -0.3 is 4.53 Å². The molecule has 0 aromatic carbocycles. The van der Waals surface area contributed by atoms with Crippen molar-refractivity contribution >= 4 is 9.04 Å². The summed E-state index contributed by atoms with van der Waals surface area (Å²) in [5.41, 5.74) is 5.39. The van der Waals surface area contributed by atoms with Gasteiger partial charge in [-0.3, -0.25) is 5.48 Å². The predicted molar refractivity (Wildman–Crippen MR) is 51.8 cm³/mol. The topological polar surface area (TPSA) is 21.3 Å². The Labute approximate surface area is 71.3 Å². The molecule has 0 aliphatic carbocycles. The van der Waals surface area contributed by atoms with Crippen LogP contribution in [-0.4, -0.2) is 9.04 Å². The Balaban J connectivity index is 3.63. The first-order chi connectivity index (χ1) is 5.07. The summed E-state index contributed by atoms with van der Waals surface area (Å²) in [7, 11) is -0.924. The lowest BCUT2D eigenvalue weighted by molar-refractivity contribution is 0.230. The molecule has 0 rings (SSSR count). The third-order valence-corrected chi connectivity index (χ3v) is 3.41. The van der Waals surface area contributed by atoms with Crippen molar-refractivity contribution in [3.05, 3.63) is 11.3 Å². The van der Waals surface area contributed by atoms with Gasteiger partial charge in [-0.05, 0) is 33.4 Å². The predicted octanol–water partition coefficient (Wildman–Crippen LogP) is 2.19. The Morgan fingerprint density at radius 1 is 1.36 bits per heavy atom. The van der Waals surface area contributed by atoms with Crippen LogP contribution >= 0.6 is 0 Å². The zero-order valence-corrected chi connectivity index (χ0v) is 9.35. The number of allylic oxidation sites excluding steroid dienone is 2. The van der Waals surface area contributed by atoms with Gasteiger partial charge in [0.25, 0.3) is 0 Å². The fourth-order valence-corrected chi connectivity index (χ4v) is 0.919. The van der Waals surface area contributed by atoms with Gasteiger partial charge in [0, 0.05) is 5.70 Å². The molecule has 0 aliphatic heterocycles. The molecule has 3 heteroatoms. The molecule has 0 amide bonds. The average Bonchev–Trinajstić information content (AvgIpc) is 1.99. The van der Waals surface area contributed by atoms with Crippen molar-refractivity contribution in [2.75, 3.05) is 0 Å². The third-order valence-electron chi connectivity index (χ3n) is 1.74. The van der Waals surface area contributed by atoms with Crippen LogP contribution in [0, 0.1) is 0 Å². The molecule has 0 spiro atoms. The Kier molecular flexibility index (Phi) is 5.24. The summed E-state index contributed by atoms with van der Waals surface area (Å²) < 4.78 is 5.45. The summed E-state index contributed by atoms with van der Waals surface area (Å²) in [6, 6.07) is 1.17. The van der Waals surface area contributed by atoms with Crippen molar-refractivity contribution in [3.8, 4) is 0 Å². The van der Waals surface area contributed by atoms with Gasteiger partial charge >= 0.3 is 0 Å². The molecule has 1 N–H and O–H groups in total. The van der Waals surface area contributed by atoms with Gasteiger partial charge in [0.05, 0.1) is 0 Å². The monoisotopic (exact) mass is 173 g/mol. The molecular weight excluding hydrogens is 154 g/mol. The Morgan fingerprint density at radius 2 is 1.91 bits per heavy atom. The SMILES string of the molecule is CC[SiH](C)ONC(C)=C(C)C. The van der Waals surface area contributed by atoms with Crippen LogP contribution in [0.4, 0.5) is 0 Å². The second-order valence-corrected chi connectivity index (χ2v) is 5.74. The zero-order valence-electron chi connectivity index (χ0n) is 8.19. The van der Waals surface area contributed by atoms with E-state index < -0.39 is 9.04 Å². The van der Waals surface area contributed by atoms with E-state index in [1.54, 1.807) is 0 Å². The minimum Gasteiger partial charge on any atom is -0.327 e. The van der Waals surface area contributed by atoms with Gasteiger partial charge in [0.2, 0.25) is 9.04 Å². The van der Waals surface area contributed by atoms with Crippen molar-refractivity contribution in [2.45, 2.75) is 40.3 Å². The van der Waals surface area contributed by atoms with Crippen LogP contribution in [0.1, 0.15) is 27.7 Å². The van der Waals surface area contributed by atoms with E-state index in [2.05, 4.69) is 32.8 Å². The van der Waals surface area contributed by atoms with Crippen LogP contribution < -0.4 is 5.48 Å². The molecule has 2 nitrogen and oxygen atoms in total. The maximum atomic E-state index is 5.45. The van der Waals surface area contributed by atoms with Crippen LogP contribution in [0.2, 0.25) is 12.6 Å². The highest BCUT2D eigenvalue weighted by atomic mass is 28.3. The summed E-state index contributed by atoms with van der Waals surface area (Å²) in [5, 5.41) is 0. The van der Waals surface area contributed by atoms with Crippen LogP contribution in [0.5, 0.6) is 0 Å². The first-order valence-corrected chi connectivity index (χ1v) is 6.58. The number of nitrogens with one attached hydrogen (secondary N) is 1. The van der Waals surface area contributed by atoms with Gasteiger partial charge in [0.1, 0.15) is 0 Å². The van der Waals surface area contributed by atoms with Crippen LogP contribution in [-0.2, 0) is 4.53 Å². The fraction of sp³-hybridized carbons (Fsp3) is 0.750.